The number of nitrogens with one attached hydrogen (secondary N) is 1. The van der Waals surface area contributed by atoms with E-state index in [9.17, 15) is 5.11 Å². The Labute approximate surface area is 233 Å². The fourth-order valence-corrected chi connectivity index (χ4v) is 4.88. The lowest BCUT2D eigenvalue weighted by molar-refractivity contribution is 0.170. The average Bonchev–Trinajstić information content (AvgIpc) is 3.62. The minimum absolute atomic E-state index is 0. The van der Waals surface area contributed by atoms with E-state index in [-0.39, 0.29) is 31.4 Å². The number of nitrogens with zero attached hydrogens (tertiary/aromatic N) is 2. The van der Waals surface area contributed by atoms with Crippen molar-refractivity contribution in [2.45, 2.75) is 58.6 Å². The number of piperidine rings is 1. The highest BCUT2D eigenvalue weighted by Crippen LogP contribution is 2.34. The first-order valence-corrected chi connectivity index (χ1v) is 13.1. The monoisotopic (exact) mass is 551 g/mol. The number of aryl methyl sites for hydroxylation is 2. The van der Waals surface area contributed by atoms with Crippen LogP contribution in [0.3, 0.4) is 0 Å². The van der Waals surface area contributed by atoms with Gasteiger partial charge in [0.25, 0.3) is 0 Å². The van der Waals surface area contributed by atoms with Crippen molar-refractivity contribution in [1.29, 1.82) is 0 Å². The van der Waals surface area contributed by atoms with Gasteiger partial charge in [0.05, 0.1) is 18.9 Å². The first-order chi connectivity index (χ1) is 17.1. The molecule has 1 aliphatic carbocycles. The summed E-state index contributed by atoms with van der Waals surface area (Å²) in [6.07, 6.45) is 7.14. The number of hydrogen-bond donors (Lipinski definition) is 2. The molecule has 2 N–H and O–H groups in total. The summed E-state index contributed by atoms with van der Waals surface area (Å²) in [5.41, 5.74) is 5.32. The summed E-state index contributed by atoms with van der Waals surface area (Å²) in [5, 5.41) is 17.9. The topological polar surface area (TPSA) is 70.8 Å². The number of aliphatic hydroxyl groups excluding tert-OH is 1. The molecular formula is C29H43Cl2N3O3. The molecule has 206 valence electrons. The Balaban J connectivity index is 0.000000919. The van der Waals surface area contributed by atoms with E-state index < -0.39 is 0 Å². The molecular weight excluding hydrogens is 509 g/mol. The van der Waals surface area contributed by atoms with Crippen LogP contribution < -0.4 is 10.1 Å². The van der Waals surface area contributed by atoms with Crippen molar-refractivity contribution in [2.24, 2.45) is 11.8 Å². The third-order valence-electron chi connectivity index (χ3n) is 7.26. The second kappa shape index (κ2) is 15.6. The normalized spacial score (nSPS) is 15.9. The summed E-state index contributed by atoms with van der Waals surface area (Å²) in [5.74, 6) is 2.40. The summed E-state index contributed by atoms with van der Waals surface area (Å²) >= 11 is 0. The molecule has 1 aromatic heterocycles. The summed E-state index contributed by atoms with van der Waals surface area (Å²) in [6.45, 7) is 6.17. The Kier molecular flexibility index (Phi) is 13.2. The van der Waals surface area contributed by atoms with E-state index >= 15 is 0 Å². The predicted molar refractivity (Wildman–Crippen MR) is 155 cm³/mol. The largest absolute Gasteiger partial charge is 0.493 e. The minimum atomic E-state index is 0. The SMILES string of the molecule is CNC.Cc1c(OCC2CC2)ccc2c(CCC3CCN(Cc4ccccc4CO)CC3)noc12.Cl.Cl. The van der Waals surface area contributed by atoms with Gasteiger partial charge < -0.3 is 19.7 Å². The molecule has 0 bridgehead atoms. The van der Waals surface area contributed by atoms with Crippen LogP contribution in [0, 0.1) is 18.8 Å². The van der Waals surface area contributed by atoms with Crippen LogP contribution in [-0.2, 0) is 19.6 Å². The molecule has 37 heavy (non-hydrogen) atoms. The molecule has 0 atom stereocenters. The zero-order valence-electron chi connectivity index (χ0n) is 22.4. The number of rotatable bonds is 9. The van der Waals surface area contributed by atoms with E-state index in [2.05, 4.69) is 46.6 Å². The quantitative estimate of drug-likeness (QED) is 0.342. The Hall–Kier alpha value is -1.83. The van der Waals surface area contributed by atoms with Gasteiger partial charge in [0.1, 0.15) is 5.75 Å². The van der Waals surface area contributed by atoms with Gasteiger partial charge in [-0.25, -0.2) is 0 Å². The van der Waals surface area contributed by atoms with Crippen molar-refractivity contribution < 1.29 is 14.4 Å². The Morgan fingerprint density at radius 2 is 1.68 bits per heavy atom. The minimum Gasteiger partial charge on any atom is -0.493 e. The number of fused-ring (bicyclic) bond motifs is 1. The molecule has 0 unspecified atom stereocenters. The molecule has 1 saturated carbocycles. The molecule has 2 heterocycles. The summed E-state index contributed by atoms with van der Waals surface area (Å²) in [6, 6.07) is 12.4. The second-order valence-corrected chi connectivity index (χ2v) is 10.1. The number of aliphatic hydroxyl groups is 1. The standard InChI is InChI=1S/C27H34N2O3.C2H7N.2ClH/c1-19-26(31-18-21-6-7-21)11-9-24-25(28-32-27(19)24)10-8-20-12-14-29(15-13-20)16-22-4-2-3-5-23(22)17-30;1-3-2;;/h2-5,9,11,20-21,30H,6-8,10,12-18H2,1H3;3H,1-2H3;2*1H. The molecule has 8 heteroatoms. The number of benzene rings is 2. The molecule has 3 aromatic rings. The van der Waals surface area contributed by atoms with Crippen LogP contribution in [0.5, 0.6) is 5.75 Å². The molecule has 2 aliphatic rings. The van der Waals surface area contributed by atoms with Crippen LogP contribution in [0.2, 0.25) is 0 Å². The summed E-state index contributed by atoms with van der Waals surface area (Å²) in [4.78, 5) is 2.52. The van der Waals surface area contributed by atoms with E-state index in [0.717, 1.165) is 84.5 Å². The maximum Gasteiger partial charge on any atom is 0.173 e. The zero-order chi connectivity index (χ0) is 24.6. The first kappa shape index (κ1) is 31.4. The van der Waals surface area contributed by atoms with E-state index in [4.69, 9.17) is 9.26 Å². The van der Waals surface area contributed by atoms with Crippen molar-refractivity contribution in [3.63, 3.8) is 0 Å². The van der Waals surface area contributed by atoms with Gasteiger partial charge in [-0.3, -0.25) is 4.90 Å². The van der Waals surface area contributed by atoms with Gasteiger partial charge in [-0.15, -0.1) is 24.8 Å². The van der Waals surface area contributed by atoms with Gasteiger partial charge in [0.15, 0.2) is 5.58 Å². The molecule has 2 fully saturated rings. The van der Waals surface area contributed by atoms with E-state index in [1.54, 1.807) is 0 Å². The molecule has 5 rings (SSSR count). The number of halogens is 2. The van der Waals surface area contributed by atoms with Crippen molar-refractivity contribution in [1.82, 2.24) is 15.4 Å². The van der Waals surface area contributed by atoms with Crippen LogP contribution in [0.15, 0.2) is 40.9 Å². The number of likely N-dealkylation sites (tertiary alicyclic amines) is 1. The first-order valence-electron chi connectivity index (χ1n) is 13.1. The van der Waals surface area contributed by atoms with Gasteiger partial charge in [-0.1, -0.05) is 29.4 Å². The van der Waals surface area contributed by atoms with Crippen molar-refractivity contribution >= 4 is 35.8 Å². The lowest BCUT2D eigenvalue weighted by atomic mass is 9.90. The highest BCUT2D eigenvalue weighted by Gasteiger charge is 2.24. The van der Waals surface area contributed by atoms with Crippen LogP contribution in [0.25, 0.3) is 11.0 Å². The smallest absolute Gasteiger partial charge is 0.173 e. The van der Waals surface area contributed by atoms with E-state index in [1.165, 1.54) is 31.2 Å². The van der Waals surface area contributed by atoms with Gasteiger partial charge >= 0.3 is 0 Å². The maximum absolute atomic E-state index is 9.57. The average molecular weight is 553 g/mol. The second-order valence-electron chi connectivity index (χ2n) is 10.1. The Morgan fingerprint density at radius 1 is 1.00 bits per heavy atom. The zero-order valence-corrected chi connectivity index (χ0v) is 24.0. The third kappa shape index (κ3) is 8.59. The van der Waals surface area contributed by atoms with Crippen LogP contribution in [0.4, 0.5) is 0 Å². The predicted octanol–water partition coefficient (Wildman–Crippen LogP) is 5.94. The van der Waals surface area contributed by atoms with Gasteiger partial charge in [-0.05, 0) is 108 Å². The fourth-order valence-electron chi connectivity index (χ4n) is 4.88. The number of ether oxygens (including phenoxy) is 1. The van der Waals surface area contributed by atoms with Gasteiger partial charge in [-0.2, -0.15) is 0 Å². The van der Waals surface area contributed by atoms with Crippen molar-refractivity contribution in [2.75, 3.05) is 33.8 Å². The Morgan fingerprint density at radius 3 is 2.32 bits per heavy atom. The molecule has 1 aliphatic heterocycles. The molecule has 0 amide bonds. The number of aromatic nitrogens is 1. The van der Waals surface area contributed by atoms with E-state index in [1.807, 2.05) is 26.2 Å². The Bertz CT molecular complexity index is 1080. The van der Waals surface area contributed by atoms with Gasteiger partial charge in [0.2, 0.25) is 0 Å². The molecule has 2 aromatic carbocycles. The van der Waals surface area contributed by atoms with Crippen LogP contribution in [-0.4, -0.2) is 49.0 Å². The van der Waals surface area contributed by atoms with Crippen molar-refractivity contribution in [3.8, 4) is 5.75 Å². The highest BCUT2D eigenvalue weighted by molar-refractivity contribution is 5.86. The summed E-state index contributed by atoms with van der Waals surface area (Å²) in [7, 11) is 3.75. The van der Waals surface area contributed by atoms with Gasteiger partial charge in [0, 0.05) is 17.5 Å². The third-order valence-corrected chi connectivity index (χ3v) is 7.26. The fraction of sp³-hybridized carbons (Fsp3) is 0.552. The highest BCUT2D eigenvalue weighted by atomic mass is 35.5. The lowest BCUT2D eigenvalue weighted by Crippen LogP contribution is -2.33. The maximum atomic E-state index is 9.57. The van der Waals surface area contributed by atoms with E-state index in [0.29, 0.717) is 0 Å². The lowest BCUT2D eigenvalue weighted by Gasteiger charge is -2.32. The van der Waals surface area contributed by atoms with Crippen molar-refractivity contribution in [3.05, 3.63) is 58.8 Å². The van der Waals surface area contributed by atoms with Crippen LogP contribution >= 0.6 is 24.8 Å². The van der Waals surface area contributed by atoms with Crippen LogP contribution in [0.1, 0.15) is 54.5 Å². The molecule has 6 nitrogen and oxygen atoms in total. The molecule has 1 saturated heterocycles. The number of hydrogen-bond acceptors (Lipinski definition) is 6. The molecule has 0 spiro atoms. The molecule has 0 radical (unpaired) electrons. The summed E-state index contributed by atoms with van der Waals surface area (Å²) < 4.78 is 11.7.